The molecule has 18 heteroatoms. The lowest BCUT2D eigenvalue weighted by Crippen LogP contribution is -1.89. The predicted molar refractivity (Wildman–Crippen MR) is 316 cm³/mol. The van der Waals surface area contributed by atoms with Gasteiger partial charge in [0, 0.05) is 46.3 Å². The third-order valence-corrected chi connectivity index (χ3v) is 12.9. The van der Waals surface area contributed by atoms with Gasteiger partial charge in [-0.2, -0.15) is 0 Å². The number of halogens is 5. The molecule has 10 heterocycles. The molecule has 0 fully saturated rings. The van der Waals surface area contributed by atoms with Gasteiger partial charge in [0.15, 0.2) is 27.9 Å². The van der Waals surface area contributed by atoms with Gasteiger partial charge in [-0.25, -0.2) is 39.9 Å². The summed E-state index contributed by atoms with van der Waals surface area (Å²) in [7, 11) is 0. The van der Waals surface area contributed by atoms with Gasteiger partial charge in [-0.1, -0.05) is 157 Å². The van der Waals surface area contributed by atoms with Crippen molar-refractivity contribution in [2.75, 3.05) is 0 Å². The first-order chi connectivity index (χ1) is 39.2. The van der Waals surface area contributed by atoms with Crippen molar-refractivity contribution in [1.29, 1.82) is 0 Å². The molecule has 0 radical (unpaired) electrons. The minimum atomic E-state index is 0.217. The molecule has 0 spiro atoms. The van der Waals surface area contributed by atoms with Gasteiger partial charge in [-0.3, -0.25) is 0 Å². The number of rotatable bonds is 5. The van der Waals surface area contributed by atoms with E-state index in [4.69, 9.17) is 80.1 Å². The zero-order valence-electron chi connectivity index (χ0n) is 41.4. The van der Waals surface area contributed by atoms with Gasteiger partial charge in [0.2, 0.25) is 15.9 Å². The maximum atomic E-state index is 6.02. The van der Waals surface area contributed by atoms with Gasteiger partial charge in [-0.15, -0.1) is 0 Å². The number of hydrogen-bond acceptors (Lipinski definition) is 13. The Balaban J connectivity index is 0.000000109. The van der Waals surface area contributed by atoms with E-state index in [1.54, 1.807) is 80.0 Å². The second-order valence-corrected chi connectivity index (χ2v) is 18.9. The molecule has 0 atom stereocenters. The highest BCUT2D eigenvalue weighted by atomic mass is 35.5. The fourth-order valence-corrected chi connectivity index (χ4v) is 9.13. The largest absolute Gasteiger partial charge is 0.463 e. The molecule has 13 nitrogen and oxygen atoms in total. The average Bonchev–Trinajstić information content (AvgIpc) is 4.39. The van der Waals surface area contributed by atoms with E-state index in [-0.39, 0.29) is 15.9 Å². The Kier molecular flexibility index (Phi) is 16.3. The first-order valence-corrected chi connectivity index (χ1v) is 26.2. The highest BCUT2D eigenvalue weighted by molar-refractivity contribution is 6.30. The van der Waals surface area contributed by atoms with Crippen LogP contribution in [0.1, 0.15) is 0 Å². The molecule has 0 aliphatic carbocycles. The molecule has 0 bridgehead atoms. The molecule has 390 valence electrons. The Hall–Kier alpha value is -9.21. The molecule has 0 saturated carbocycles. The van der Waals surface area contributed by atoms with E-state index in [1.807, 2.05) is 97.1 Å². The SMILES string of the molecule is Clc1cc2ccoc2cn1.Clc1ccc2occc2n1.Clc1nc(-c2ccc(-c3ccccc3)cc2)c2occc2n1.Clc1nc(-c2cccc(-c3ccccc3)c2)c2occc2n1.Clc1nc(-c2ccccc2)c2occc2n1. The Labute approximate surface area is 480 Å². The fourth-order valence-electron chi connectivity index (χ4n) is 8.29. The number of furan rings is 5. The summed E-state index contributed by atoms with van der Waals surface area (Å²) in [6.07, 6.45) is 9.59. The molecule has 10 aromatic heterocycles. The number of fused-ring (bicyclic) bond motifs is 5. The Morgan fingerprint density at radius 2 is 0.688 bits per heavy atom. The van der Waals surface area contributed by atoms with Crippen molar-refractivity contribution in [2.45, 2.75) is 0 Å². The lowest BCUT2D eigenvalue weighted by atomic mass is 10.0. The molecule has 0 unspecified atom stereocenters. The second kappa shape index (κ2) is 24.6. The van der Waals surface area contributed by atoms with Gasteiger partial charge < -0.3 is 22.1 Å². The first-order valence-electron chi connectivity index (χ1n) is 24.3. The molecule has 0 N–H and O–H groups in total. The molecular formula is C62H37Cl5N8O5. The summed E-state index contributed by atoms with van der Waals surface area (Å²) < 4.78 is 26.5. The molecule has 5 aromatic carbocycles. The van der Waals surface area contributed by atoms with Crippen LogP contribution in [-0.2, 0) is 0 Å². The zero-order valence-corrected chi connectivity index (χ0v) is 45.2. The Morgan fingerprint density at radius 3 is 1.25 bits per heavy atom. The van der Waals surface area contributed by atoms with E-state index in [0.29, 0.717) is 49.5 Å². The normalized spacial score (nSPS) is 10.8. The van der Waals surface area contributed by atoms with Crippen LogP contribution < -0.4 is 0 Å². The van der Waals surface area contributed by atoms with Gasteiger partial charge >= 0.3 is 0 Å². The molecule has 0 aliphatic rings. The molecule has 0 saturated heterocycles. The van der Waals surface area contributed by atoms with E-state index in [2.05, 4.69) is 88.4 Å². The summed E-state index contributed by atoms with van der Waals surface area (Å²) in [5, 5.41) is 2.64. The Bertz CT molecular complexity index is 4440. The smallest absolute Gasteiger partial charge is 0.223 e. The molecule has 15 aromatic rings. The van der Waals surface area contributed by atoms with Crippen LogP contribution in [0.2, 0.25) is 26.2 Å². The summed E-state index contributed by atoms with van der Waals surface area (Å²) in [4.78, 5) is 33.1. The van der Waals surface area contributed by atoms with Crippen LogP contribution in [0.5, 0.6) is 0 Å². The second-order valence-electron chi connectivity index (χ2n) is 17.1. The van der Waals surface area contributed by atoms with Crippen LogP contribution in [0.15, 0.2) is 248 Å². The third-order valence-electron chi connectivity index (χ3n) is 12.0. The Morgan fingerprint density at radius 1 is 0.275 bits per heavy atom. The van der Waals surface area contributed by atoms with Crippen molar-refractivity contribution in [2.24, 2.45) is 0 Å². The van der Waals surface area contributed by atoms with E-state index in [0.717, 1.165) is 66.7 Å². The maximum absolute atomic E-state index is 6.02. The topological polar surface area (TPSA) is 169 Å². The molecule has 0 aliphatic heterocycles. The lowest BCUT2D eigenvalue weighted by Gasteiger charge is -2.06. The molecule has 0 amide bonds. The number of benzene rings is 5. The van der Waals surface area contributed by atoms with Gasteiger partial charge in [0.1, 0.15) is 49.5 Å². The summed E-state index contributed by atoms with van der Waals surface area (Å²) in [6.45, 7) is 0. The van der Waals surface area contributed by atoms with Crippen molar-refractivity contribution >= 4 is 113 Å². The molecule has 80 heavy (non-hydrogen) atoms. The monoisotopic (exact) mass is 1150 g/mol. The van der Waals surface area contributed by atoms with Crippen LogP contribution in [-0.4, -0.2) is 39.9 Å². The van der Waals surface area contributed by atoms with Gasteiger partial charge in [0.25, 0.3) is 0 Å². The minimum Gasteiger partial charge on any atom is -0.463 e. The van der Waals surface area contributed by atoms with Crippen LogP contribution in [0, 0.1) is 0 Å². The number of hydrogen-bond donors (Lipinski definition) is 0. The van der Waals surface area contributed by atoms with E-state index in [9.17, 15) is 0 Å². The van der Waals surface area contributed by atoms with Crippen molar-refractivity contribution < 1.29 is 22.1 Å². The number of aromatic nitrogens is 8. The predicted octanol–water partition coefficient (Wildman–Crippen LogP) is 18.9. The van der Waals surface area contributed by atoms with Crippen molar-refractivity contribution in [3.8, 4) is 56.0 Å². The van der Waals surface area contributed by atoms with Crippen molar-refractivity contribution in [3.63, 3.8) is 0 Å². The average molecular weight is 1150 g/mol. The van der Waals surface area contributed by atoms with Crippen LogP contribution >= 0.6 is 58.0 Å². The highest BCUT2D eigenvalue weighted by Gasteiger charge is 2.15. The quantitative estimate of drug-likeness (QED) is 0.118. The van der Waals surface area contributed by atoms with Gasteiger partial charge in [-0.05, 0) is 87.4 Å². The summed E-state index contributed by atoms with van der Waals surface area (Å²) in [5.41, 5.74) is 16.0. The van der Waals surface area contributed by atoms with Crippen molar-refractivity contribution in [1.82, 2.24) is 39.9 Å². The first kappa shape index (κ1) is 52.8. The summed E-state index contributed by atoms with van der Waals surface area (Å²) in [5.74, 6) is 0. The maximum Gasteiger partial charge on any atom is 0.223 e. The van der Waals surface area contributed by atoms with E-state index < -0.39 is 0 Å². The third kappa shape index (κ3) is 12.5. The summed E-state index contributed by atoms with van der Waals surface area (Å²) >= 11 is 29.1. The highest BCUT2D eigenvalue weighted by Crippen LogP contribution is 2.33. The lowest BCUT2D eigenvalue weighted by molar-refractivity contribution is 0.614. The van der Waals surface area contributed by atoms with Crippen LogP contribution in [0.25, 0.3) is 111 Å². The van der Waals surface area contributed by atoms with Gasteiger partial charge in [0.05, 0.1) is 37.5 Å². The summed E-state index contributed by atoms with van der Waals surface area (Å²) in [6, 6.07) is 60.7. The molecular weight excluding hydrogens is 1110 g/mol. The number of pyridine rings is 2. The van der Waals surface area contributed by atoms with Crippen molar-refractivity contribution in [3.05, 3.63) is 252 Å². The molecule has 15 rings (SSSR count). The zero-order chi connectivity index (χ0) is 54.8. The number of nitrogens with zero attached hydrogens (tertiary/aromatic N) is 8. The van der Waals surface area contributed by atoms with E-state index in [1.165, 1.54) is 5.56 Å². The minimum absolute atomic E-state index is 0.217. The van der Waals surface area contributed by atoms with E-state index >= 15 is 0 Å². The van der Waals surface area contributed by atoms with Crippen LogP contribution in [0.4, 0.5) is 0 Å². The van der Waals surface area contributed by atoms with Crippen LogP contribution in [0.3, 0.4) is 0 Å². The fraction of sp³-hybridized carbons (Fsp3) is 0. The standard InChI is InChI=1S/2C18H11ClN2O.C12H7ClN2O.2C7H4ClNO/c19-18-20-15-9-10-22-17(15)16(21-18)14-8-4-7-13(11-14)12-5-2-1-3-6-12;19-18-20-15-10-11-22-17(15)16(21-18)14-8-6-13(7-9-14)12-4-2-1-3-5-12;13-12-14-9-6-7-16-11(9)10(15-12)8-4-2-1-3-5-8;8-7-3-5-1-2-10-6(5)4-9-7;8-7-2-1-6-5(9-7)3-4-10-6/h2*1-11H;1-7H;2*1-4H.